The Hall–Kier alpha value is -1.37. The van der Waals surface area contributed by atoms with Crippen molar-refractivity contribution in [3.8, 4) is 0 Å². The number of benzene rings is 1. The molecular weight excluding hydrogens is 305 g/mol. The third-order valence-corrected chi connectivity index (χ3v) is 3.21. The van der Waals surface area contributed by atoms with Crippen LogP contribution in [-0.4, -0.2) is 41.4 Å². The number of amides is 1. The number of hydrogen-bond donors (Lipinski definition) is 1. The Bertz CT molecular complexity index is 525. The third-order valence-electron chi connectivity index (χ3n) is 3.00. The van der Waals surface area contributed by atoms with Crippen LogP contribution in [0.1, 0.15) is 17.3 Å². The third kappa shape index (κ3) is 3.82. The van der Waals surface area contributed by atoms with Crippen molar-refractivity contribution in [3.63, 3.8) is 0 Å². The standard InChI is InChI=1S/C12H14ClN3O3.ClH/c1-8-7-15(3-2-14-8)12(17)9-4-10(13)6-11(5-9)16(18)19;/h4-6,8,14H,2-3,7H2,1H3;1H. The van der Waals surface area contributed by atoms with Crippen molar-refractivity contribution in [2.45, 2.75) is 13.0 Å². The number of non-ortho nitro benzene ring substituents is 1. The first-order valence-corrected chi connectivity index (χ1v) is 6.33. The molecule has 8 heteroatoms. The van der Waals surface area contributed by atoms with Gasteiger partial charge in [0.25, 0.3) is 11.6 Å². The van der Waals surface area contributed by atoms with Crippen molar-refractivity contribution in [1.29, 1.82) is 0 Å². The van der Waals surface area contributed by atoms with Crippen LogP contribution in [0.5, 0.6) is 0 Å². The van der Waals surface area contributed by atoms with Gasteiger partial charge in [0.1, 0.15) is 0 Å². The average Bonchev–Trinajstić information content (AvgIpc) is 2.37. The van der Waals surface area contributed by atoms with Crippen LogP contribution in [0, 0.1) is 10.1 Å². The first kappa shape index (κ1) is 16.7. The van der Waals surface area contributed by atoms with E-state index >= 15 is 0 Å². The van der Waals surface area contributed by atoms with Crippen LogP contribution in [0.15, 0.2) is 18.2 Å². The van der Waals surface area contributed by atoms with Crippen molar-refractivity contribution in [1.82, 2.24) is 10.2 Å². The van der Waals surface area contributed by atoms with E-state index in [0.717, 1.165) is 6.54 Å². The molecule has 1 aromatic rings. The summed E-state index contributed by atoms with van der Waals surface area (Å²) in [5, 5.41) is 14.2. The predicted molar refractivity (Wildman–Crippen MR) is 78.7 cm³/mol. The van der Waals surface area contributed by atoms with E-state index in [0.29, 0.717) is 13.1 Å². The molecule has 1 saturated heterocycles. The number of rotatable bonds is 2. The highest BCUT2D eigenvalue weighted by atomic mass is 35.5. The van der Waals surface area contributed by atoms with E-state index < -0.39 is 4.92 Å². The van der Waals surface area contributed by atoms with Gasteiger partial charge in [0.2, 0.25) is 0 Å². The van der Waals surface area contributed by atoms with Crippen molar-refractivity contribution in [2.75, 3.05) is 19.6 Å². The SMILES string of the molecule is CC1CN(C(=O)c2cc(Cl)cc([N+](=O)[O-])c2)CCN1.Cl. The molecule has 0 aromatic heterocycles. The Kier molecular flexibility index (Phi) is 5.74. The normalized spacial score (nSPS) is 18.3. The number of nitrogens with zero attached hydrogens (tertiary/aromatic N) is 2. The van der Waals surface area contributed by atoms with E-state index in [1.165, 1.54) is 18.2 Å². The molecule has 110 valence electrons. The number of nitrogens with one attached hydrogen (secondary N) is 1. The minimum absolute atomic E-state index is 0. The number of carbonyl (C=O) groups is 1. The van der Waals surface area contributed by atoms with Gasteiger partial charge < -0.3 is 10.2 Å². The predicted octanol–water partition coefficient (Wildman–Crippen LogP) is 2.10. The van der Waals surface area contributed by atoms with Crippen molar-refractivity contribution >= 4 is 35.6 Å². The van der Waals surface area contributed by atoms with Gasteiger partial charge in [0.05, 0.1) is 4.92 Å². The minimum atomic E-state index is -0.553. The molecule has 0 spiro atoms. The molecule has 0 saturated carbocycles. The molecule has 1 aromatic carbocycles. The quantitative estimate of drug-likeness (QED) is 0.669. The molecule has 1 fully saturated rings. The number of carbonyl (C=O) groups excluding carboxylic acids is 1. The van der Waals surface area contributed by atoms with Crippen molar-refractivity contribution in [3.05, 3.63) is 38.9 Å². The lowest BCUT2D eigenvalue weighted by molar-refractivity contribution is -0.384. The maximum Gasteiger partial charge on any atom is 0.271 e. The van der Waals surface area contributed by atoms with Gasteiger partial charge in [-0.1, -0.05) is 11.6 Å². The van der Waals surface area contributed by atoms with E-state index in [9.17, 15) is 14.9 Å². The zero-order chi connectivity index (χ0) is 14.0. The van der Waals surface area contributed by atoms with Gasteiger partial charge in [0, 0.05) is 48.4 Å². The van der Waals surface area contributed by atoms with Gasteiger partial charge in [-0.3, -0.25) is 14.9 Å². The second-order valence-electron chi connectivity index (χ2n) is 4.56. The fraction of sp³-hybridized carbons (Fsp3) is 0.417. The molecule has 0 radical (unpaired) electrons. The smallest absolute Gasteiger partial charge is 0.271 e. The zero-order valence-corrected chi connectivity index (χ0v) is 12.4. The molecule has 1 heterocycles. The fourth-order valence-electron chi connectivity index (χ4n) is 2.10. The molecule has 1 aliphatic rings. The van der Waals surface area contributed by atoms with Gasteiger partial charge in [-0.15, -0.1) is 12.4 Å². The molecule has 0 aliphatic carbocycles. The number of halogens is 2. The molecule has 1 unspecified atom stereocenters. The Morgan fingerprint density at radius 1 is 1.50 bits per heavy atom. The second-order valence-corrected chi connectivity index (χ2v) is 5.00. The average molecular weight is 320 g/mol. The van der Waals surface area contributed by atoms with Crippen LogP contribution in [0.25, 0.3) is 0 Å². The Morgan fingerprint density at radius 2 is 2.20 bits per heavy atom. The number of piperazine rings is 1. The molecule has 6 nitrogen and oxygen atoms in total. The highest BCUT2D eigenvalue weighted by Gasteiger charge is 2.23. The zero-order valence-electron chi connectivity index (χ0n) is 10.8. The summed E-state index contributed by atoms with van der Waals surface area (Å²) in [6.07, 6.45) is 0. The molecule has 1 aliphatic heterocycles. The Labute approximate surface area is 127 Å². The first-order valence-electron chi connectivity index (χ1n) is 5.95. The van der Waals surface area contributed by atoms with Crippen molar-refractivity contribution < 1.29 is 9.72 Å². The molecule has 2 rings (SSSR count). The Balaban J connectivity index is 0.00000200. The van der Waals surface area contributed by atoms with E-state index in [2.05, 4.69) is 5.32 Å². The van der Waals surface area contributed by atoms with Gasteiger partial charge in [-0.25, -0.2) is 0 Å². The minimum Gasteiger partial charge on any atom is -0.336 e. The lowest BCUT2D eigenvalue weighted by Crippen LogP contribution is -2.51. The van der Waals surface area contributed by atoms with Crippen LogP contribution in [0.3, 0.4) is 0 Å². The lowest BCUT2D eigenvalue weighted by Gasteiger charge is -2.31. The molecule has 0 bridgehead atoms. The fourth-order valence-corrected chi connectivity index (χ4v) is 2.33. The van der Waals surface area contributed by atoms with Crippen LogP contribution < -0.4 is 5.32 Å². The summed E-state index contributed by atoms with van der Waals surface area (Å²) in [6, 6.07) is 4.18. The van der Waals surface area contributed by atoms with Gasteiger partial charge in [-0.05, 0) is 13.0 Å². The van der Waals surface area contributed by atoms with E-state index in [4.69, 9.17) is 11.6 Å². The summed E-state index contributed by atoms with van der Waals surface area (Å²) in [5.41, 5.74) is 0.0901. The van der Waals surface area contributed by atoms with E-state index in [1.54, 1.807) is 4.90 Å². The van der Waals surface area contributed by atoms with Crippen molar-refractivity contribution in [2.24, 2.45) is 0 Å². The lowest BCUT2D eigenvalue weighted by atomic mass is 10.1. The van der Waals surface area contributed by atoms with Gasteiger partial charge in [0.15, 0.2) is 0 Å². The van der Waals surface area contributed by atoms with Gasteiger partial charge in [-0.2, -0.15) is 0 Å². The largest absolute Gasteiger partial charge is 0.336 e. The first-order chi connectivity index (χ1) is 8.97. The van der Waals surface area contributed by atoms with E-state index in [-0.39, 0.29) is 40.6 Å². The summed E-state index contributed by atoms with van der Waals surface area (Å²) >= 11 is 5.82. The van der Waals surface area contributed by atoms with Gasteiger partial charge >= 0.3 is 0 Å². The molecule has 1 atom stereocenters. The second kappa shape index (κ2) is 6.88. The molecule has 1 N–H and O–H groups in total. The monoisotopic (exact) mass is 319 g/mol. The van der Waals surface area contributed by atoms with E-state index in [1.807, 2.05) is 6.92 Å². The Morgan fingerprint density at radius 3 is 2.80 bits per heavy atom. The molecule has 20 heavy (non-hydrogen) atoms. The highest BCUT2D eigenvalue weighted by molar-refractivity contribution is 6.31. The summed E-state index contributed by atoms with van der Waals surface area (Å²) < 4.78 is 0. The van der Waals surface area contributed by atoms with Crippen LogP contribution in [-0.2, 0) is 0 Å². The summed E-state index contributed by atoms with van der Waals surface area (Å²) in [4.78, 5) is 24.2. The topological polar surface area (TPSA) is 75.5 Å². The summed E-state index contributed by atoms with van der Waals surface area (Å²) in [5.74, 6) is -0.223. The van der Waals surface area contributed by atoms with Crippen LogP contribution >= 0.6 is 24.0 Å². The maximum atomic E-state index is 12.3. The maximum absolute atomic E-state index is 12.3. The molecular formula is C12H15Cl2N3O3. The summed E-state index contributed by atoms with van der Waals surface area (Å²) in [7, 11) is 0. The molecule has 1 amide bonds. The van der Waals surface area contributed by atoms with Crippen LogP contribution in [0.4, 0.5) is 5.69 Å². The number of hydrogen-bond acceptors (Lipinski definition) is 4. The van der Waals surface area contributed by atoms with Crippen LogP contribution in [0.2, 0.25) is 5.02 Å². The summed E-state index contributed by atoms with van der Waals surface area (Å²) in [6.45, 7) is 3.87. The number of nitro benzene ring substituents is 1. The number of nitro groups is 1. The highest BCUT2D eigenvalue weighted by Crippen LogP contribution is 2.22.